The van der Waals surface area contributed by atoms with E-state index in [0.717, 1.165) is 23.5 Å². The minimum atomic E-state index is -1.24. The maximum atomic E-state index is 9.00. The van der Waals surface area contributed by atoms with Crippen LogP contribution in [0.4, 0.5) is 0 Å². The Morgan fingerprint density at radius 2 is 1.88 bits per heavy atom. The number of thioether (sulfide) groups is 2. The summed E-state index contributed by atoms with van der Waals surface area (Å²) in [4.78, 5) is 0. The molecule has 0 aromatic carbocycles. The monoisotopic (exact) mass is 149 g/mol. The third kappa shape index (κ3) is 1.95. The molecule has 0 aliphatic rings. The molecule has 0 rings (SSSR count). The van der Waals surface area contributed by atoms with Crippen LogP contribution in [0.25, 0.3) is 0 Å². The van der Waals surface area contributed by atoms with Crippen molar-refractivity contribution in [2.45, 2.75) is 4.27 Å². The second-order valence-corrected chi connectivity index (χ2v) is 3.36. The van der Waals surface area contributed by atoms with Crippen LogP contribution in [0.5, 0.6) is 0 Å². The molecule has 2 nitrogen and oxygen atoms in total. The highest BCUT2D eigenvalue weighted by atomic mass is 32.2. The lowest BCUT2D eigenvalue weighted by atomic mass is 10.8. The first-order valence-corrected chi connectivity index (χ1v) is 4.37. The van der Waals surface area contributed by atoms with Gasteiger partial charge in [-0.1, -0.05) is 0 Å². The van der Waals surface area contributed by atoms with E-state index in [2.05, 4.69) is 0 Å². The van der Waals surface area contributed by atoms with Crippen LogP contribution >= 0.6 is 23.5 Å². The highest BCUT2D eigenvalue weighted by Gasteiger charge is 2.22. The van der Waals surface area contributed by atoms with Crippen LogP contribution in [0.15, 0.2) is 0 Å². The molecule has 0 saturated heterocycles. The average Bonchev–Trinajstić information content (AvgIpc) is 1.87. The number of aliphatic hydroxyl groups is 1. The molecule has 0 spiro atoms. The topological polar surface area (TPSA) is 44.0 Å². The predicted octanol–water partition coefficient (Wildman–Crippen LogP) is 0.882. The molecule has 0 aliphatic heterocycles. The van der Waals surface area contributed by atoms with E-state index in [1.807, 2.05) is 0 Å². The molecule has 0 atom stereocenters. The molecule has 0 aromatic heterocycles. The second kappa shape index (κ2) is 3.23. The summed E-state index contributed by atoms with van der Waals surface area (Å²) in [5.74, 6) is 0. The summed E-state index contributed by atoms with van der Waals surface area (Å²) in [6.07, 6.45) is 3.39. The van der Waals surface area contributed by atoms with Crippen LogP contribution in [0.2, 0.25) is 0 Å². The first-order valence-electron chi connectivity index (χ1n) is 1.92. The van der Waals surface area contributed by atoms with Crippen LogP contribution in [0.3, 0.4) is 0 Å². The fraction of sp³-hybridized carbons (Fsp3) is 0.750. The van der Waals surface area contributed by atoms with E-state index in [-0.39, 0.29) is 0 Å². The van der Waals surface area contributed by atoms with E-state index >= 15 is 0 Å². The molecule has 0 saturated carbocycles. The molecular weight excluding hydrogens is 142 g/mol. The summed E-state index contributed by atoms with van der Waals surface area (Å²) in [5.41, 5.74) is 0. The molecule has 0 fully saturated rings. The zero-order valence-corrected chi connectivity index (χ0v) is 6.34. The van der Waals surface area contributed by atoms with Crippen molar-refractivity contribution >= 4 is 23.5 Å². The molecule has 0 unspecified atom stereocenters. The molecule has 46 valence electrons. The molecule has 1 N–H and O–H groups in total. The number of hydrogen-bond donors (Lipinski definition) is 1. The highest BCUT2D eigenvalue weighted by molar-refractivity contribution is 8.17. The summed E-state index contributed by atoms with van der Waals surface area (Å²) >= 11 is 2.26. The van der Waals surface area contributed by atoms with Crippen LogP contribution in [0.1, 0.15) is 0 Å². The first-order chi connectivity index (χ1) is 3.68. The molecule has 0 amide bonds. The average molecular weight is 149 g/mol. The van der Waals surface area contributed by atoms with E-state index in [1.165, 1.54) is 0 Å². The Hall–Kier alpha value is 0.150. The molecule has 0 bridgehead atoms. The summed E-state index contributed by atoms with van der Waals surface area (Å²) in [6.45, 7) is 0. The van der Waals surface area contributed by atoms with Gasteiger partial charge in [0.1, 0.15) is 6.07 Å². The van der Waals surface area contributed by atoms with Crippen molar-refractivity contribution in [3.8, 4) is 6.07 Å². The van der Waals surface area contributed by atoms with Crippen molar-refractivity contribution in [1.82, 2.24) is 0 Å². The predicted molar refractivity (Wildman–Crippen MR) is 37.6 cm³/mol. The van der Waals surface area contributed by atoms with Gasteiger partial charge < -0.3 is 5.11 Å². The number of nitriles is 1. The number of rotatable bonds is 2. The zero-order chi connectivity index (χ0) is 6.62. The van der Waals surface area contributed by atoms with Crippen LogP contribution < -0.4 is 0 Å². The Morgan fingerprint density at radius 1 is 1.50 bits per heavy atom. The van der Waals surface area contributed by atoms with Crippen molar-refractivity contribution in [1.29, 1.82) is 5.26 Å². The summed E-state index contributed by atoms with van der Waals surface area (Å²) in [5, 5.41) is 17.2. The Bertz CT molecular complexity index is 105. The minimum absolute atomic E-state index is 1.13. The maximum absolute atomic E-state index is 9.00. The van der Waals surface area contributed by atoms with Gasteiger partial charge in [-0.05, 0) is 12.5 Å². The van der Waals surface area contributed by atoms with E-state index in [1.54, 1.807) is 18.6 Å². The van der Waals surface area contributed by atoms with Crippen molar-refractivity contribution in [2.24, 2.45) is 0 Å². The van der Waals surface area contributed by atoms with Gasteiger partial charge in [-0.3, -0.25) is 0 Å². The van der Waals surface area contributed by atoms with Gasteiger partial charge in [0.15, 0.2) is 0 Å². The van der Waals surface area contributed by atoms with Crippen LogP contribution in [-0.4, -0.2) is 21.9 Å². The van der Waals surface area contributed by atoms with Crippen molar-refractivity contribution in [3.05, 3.63) is 0 Å². The quantitative estimate of drug-likeness (QED) is 0.467. The van der Waals surface area contributed by atoms with Gasteiger partial charge in [-0.2, -0.15) is 5.26 Å². The van der Waals surface area contributed by atoms with Crippen LogP contribution in [-0.2, 0) is 0 Å². The molecule has 0 aliphatic carbocycles. The first kappa shape index (κ1) is 8.15. The molecule has 8 heavy (non-hydrogen) atoms. The maximum Gasteiger partial charge on any atom is 0.246 e. The Labute approximate surface area is 57.3 Å². The van der Waals surface area contributed by atoms with E-state index in [0.29, 0.717) is 0 Å². The van der Waals surface area contributed by atoms with Gasteiger partial charge in [0.05, 0.1) is 0 Å². The smallest absolute Gasteiger partial charge is 0.246 e. The molecule has 4 heteroatoms. The zero-order valence-electron chi connectivity index (χ0n) is 4.71. The van der Waals surface area contributed by atoms with Gasteiger partial charge >= 0.3 is 0 Å². The Morgan fingerprint density at radius 3 is 1.88 bits per heavy atom. The SMILES string of the molecule is CSC(O)(C#N)SC. The summed E-state index contributed by atoms with van der Waals surface area (Å²) in [7, 11) is 0. The molecular formula is C4H7NOS2. The third-order valence-electron chi connectivity index (χ3n) is 0.695. The second-order valence-electron chi connectivity index (χ2n) is 1.10. The van der Waals surface area contributed by atoms with Gasteiger partial charge in [0.25, 0.3) is 0 Å². The summed E-state index contributed by atoms with van der Waals surface area (Å²) < 4.78 is -1.24. The molecule has 0 aromatic rings. The van der Waals surface area contributed by atoms with Gasteiger partial charge in [0.2, 0.25) is 4.27 Å². The number of hydrogen-bond acceptors (Lipinski definition) is 4. The van der Waals surface area contributed by atoms with Gasteiger partial charge in [0, 0.05) is 0 Å². The Balaban J connectivity index is 3.83. The van der Waals surface area contributed by atoms with Crippen molar-refractivity contribution in [2.75, 3.05) is 12.5 Å². The van der Waals surface area contributed by atoms with Crippen molar-refractivity contribution in [3.63, 3.8) is 0 Å². The molecule has 0 radical (unpaired) electrons. The fourth-order valence-corrected chi connectivity index (χ4v) is 1.02. The van der Waals surface area contributed by atoms with E-state index in [9.17, 15) is 0 Å². The highest BCUT2D eigenvalue weighted by Crippen LogP contribution is 2.28. The third-order valence-corrected chi connectivity index (χ3v) is 2.98. The molecule has 0 heterocycles. The normalized spacial score (nSPS) is 10.8. The largest absolute Gasteiger partial charge is 0.359 e. The standard InChI is InChI=1S/C4H7NOS2/c1-7-4(6,3-5)8-2/h6H,1-2H3. The lowest BCUT2D eigenvalue weighted by Crippen LogP contribution is -2.13. The van der Waals surface area contributed by atoms with E-state index in [4.69, 9.17) is 10.4 Å². The lowest BCUT2D eigenvalue weighted by Gasteiger charge is -2.11. The summed E-state index contributed by atoms with van der Waals surface area (Å²) in [6, 6.07) is 1.76. The minimum Gasteiger partial charge on any atom is -0.359 e. The fourth-order valence-electron chi connectivity index (χ4n) is 0.175. The van der Waals surface area contributed by atoms with E-state index < -0.39 is 4.27 Å². The van der Waals surface area contributed by atoms with Gasteiger partial charge in [-0.15, -0.1) is 23.5 Å². The Kier molecular flexibility index (Phi) is 3.29. The number of nitrogens with zero attached hydrogens (tertiary/aromatic N) is 1. The van der Waals surface area contributed by atoms with Gasteiger partial charge in [-0.25, -0.2) is 0 Å². The van der Waals surface area contributed by atoms with Crippen molar-refractivity contribution < 1.29 is 5.11 Å². The lowest BCUT2D eigenvalue weighted by molar-refractivity contribution is 0.286. The van der Waals surface area contributed by atoms with Crippen LogP contribution in [0, 0.1) is 11.3 Å².